The molecule has 5 nitrogen and oxygen atoms in total. The lowest BCUT2D eigenvalue weighted by Gasteiger charge is -2.25. The number of rotatable bonds is 3. The van der Waals surface area contributed by atoms with Gasteiger partial charge in [-0.2, -0.15) is 0 Å². The molecule has 1 aromatic rings. The molecule has 98 valence electrons. The van der Waals surface area contributed by atoms with E-state index in [0.717, 1.165) is 31.4 Å². The Morgan fingerprint density at radius 1 is 1.50 bits per heavy atom. The standard InChI is InChI=1S/C12H17ClN4O/c1-8-6-9(13)16-11(15-8)17-10(18)12(7-14)4-2-3-5-12/h6H,2-5,7,14H2,1H3,(H,15,16,17,18). The molecule has 1 amide bonds. The molecule has 1 heterocycles. The summed E-state index contributed by atoms with van der Waals surface area (Å²) >= 11 is 5.83. The van der Waals surface area contributed by atoms with Crippen LogP contribution >= 0.6 is 11.6 Å². The number of nitrogens with two attached hydrogens (primary N) is 1. The Morgan fingerprint density at radius 2 is 2.17 bits per heavy atom. The summed E-state index contributed by atoms with van der Waals surface area (Å²) < 4.78 is 0. The van der Waals surface area contributed by atoms with Crippen molar-refractivity contribution in [2.24, 2.45) is 11.1 Å². The van der Waals surface area contributed by atoms with Crippen LogP contribution in [-0.4, -0.2) is 22.4 Å². The number of nitrogens with zero attached hydrogens (tertiary/aromatic N) is 2. The normalized spacial score (nSPS) is 17.7. The lowest BCUT2D eigenvalue weighted by atomic mass is 9.85. The summed E-state index contributed by atoms with van der Waals surface area (Å²) in [5, 5.41) is 3.06. The number of aromatic nitrogens is 2. The van der Waals surface area contributed by atoms with Crippen molar-refractivity contribution < 1.29 is 4.79 Å². The first-order valence-corrected chi connectivity index (χ1v) is 6.46. The summed E-state index contributed by atoms with van der Waals surface area (Å²) in [4.78, 5) is 20.4. The minimum absolute atomic E-state index is 0.0934. The third kappa shape index (κ3) is 2.62. The van der Waals surface area contributed by atoms with E-state index < -0.39 is 5.41 Å². The molecule has 2 rings (SSSR count). The second-order valence-corrected chi connectivity index (χ2v) is 5.19. The number of hydrogen-bond acceptors (Lipinski definition) is 4. The fourth-order valence-corrected chi connectivity index (χ4v) is 2.63. The van der Waals surface area contributed by atoms with Gasteiger partial charge in [0.2, 0.25) is 11.9 Å². The van der Waals surface area contributed by atoms with Crippen LogP contribution in [-0.2, 0) is 4.79 Å². The van der Waals surface area contributed by atoms with E-state index in [1.165, 1.54) is 0 Å². The number of halogens is 1. The van der Waals surface area contributed by atoms with Gasteiger partial charge in [0.1, 0.15) is 5.15 Å². The van der Waals surface area contributed by atoms with E-state index in [1.807, 2.05) is 0 Å². The van der Waals surface area contributed by atoms with Gasteiger partial charge in [-0.15, -0.1) is 0 Å². The quantitative estimate of drug-likeness (QED) is 0.821. The van der Waals surface area contributed by atoms with Crippen molar-refractivity contribution in [1.82, 2.24) is 9.97 Å². The van der Waals surface area contributed by atoms with Gasteiger partial charge < -0.3 is 5.73 Å². The van der Waals surface area contributed by atoms with Crippen LogP contribution in [0.4, 0.5) is 5.95 Å². The third-order valence-corrected chi connectivity index (χ3v) is 3.67. The molecule has 18 heavy (non-hydrogen) atoms. The van der Waals surface area contributed by atoms with Crippen LogP contribution in [0.3, 0.4) is 0 Å². The van der Waals surface area contributed by atoms with Crippen molar-refractivity contribution in [3.05, 3.63) is 16.9 Å². The fraction of sp³-hybridized carbons (Fsp3) is 0.583. The minimum atomic E-state index is -0.459. The highest BCUT2D eigenvalue weighted by molar-refractivity contribution is 6.29. The zero-order valence-electron chi connectivity index (χ0n) is 10.4. The summed E-state index contributed by atoms with van der Waals surface area (Å²) in [6.07, 6.45) is 3.74. The zero-order chi connectivity index (χ0) is 13.2. The van der Waals surface area contributed by atoms with Crippen molar-refractivity contribution >= 4 is 23.5 Å². The van der Waals surface area contributed by atoms with E-state index in [9.17, 15) is 4.79 Å². The van der Waals surface area contributed by atoms with Crippen LogP contribution in [0, 0.1) is 12.3 Å². The smallest absolute Gasteiger partial charge is 0.234 e. The number of carbonyl (C=O) groups is 1. The SMILES string of the molecule is Cc1cc(Cl)nc(NC(=O)C2(CN)CCCC2)n1. The Labute approximate surface area is 111 Å². The van der Waals surface area contributed by atoms with Crippen LogP contribution in [0.5, 0.6) is 0 Å². The van der Waals surface area contributed by atoms with Crippen LogP contribution < -0.4 is 11.1 Å². The Hall–Kier alpha value is -1.20. The lowest BCUT2D eigenvalue weighted by Crippen LogP contribution is -2.40. The predicted molar refractivity (Wildman–Crippen MR) is 70.4 cm³/mol. The molecule has 1 fully saturated rings. The van der Waals surface area contributed by atoms with Crippen LogP contribution in [0.2, 0.25) is 5.15 Å². The van der Waals surface area contributed by atoms with Crippen molar-refractivity contribution in [3.63, 3.8) is 0 Å². The highest BCUT2D eigenvalue weighted by Crippen LogP contribution is 2.37. The molecule has 0 bridgehead atoms. The van der Waals surface area contributed by atoms with Crippen LogP contribution in [0.25, 0.3) is 0 Å². The van der Waals surface area contributed by atoms with E-state index in [2.05, 4.69) is 15.3 Å². The summed E-state index contributed by atoms with van der Waals surface area (Å²) in [6.45, 7) is 2.16. The maximum Gasteiger partial charge on any atom is 0.234 e. The van der Waals surface area contributed by atoms with Crippen molar-refractivity contribution in [3.8, 4) is 0 Å². The van der Waals surface area contributed by atoms with Gasteiger partial charge in [0, 0.05) is 12.2 Å². The van der Waals surface area contributed by atoms with E-state index >= 15 is 0 Å². The number of anilines is 1. The summed E-state index contributed by atoms with van der Waals surface area (Å²) in [7, 11) is 0. The Bertz CT molecular complexity index is 437. The molecule has 0 saturated heterocycles. The Balaban J connectivity index is 2.15. The first-order valence-electron chi connectivity index (χ1n) is 6.08. The summed E-state index contributed by atoms with van der Waals surface area (Å²) in [5.74, 6) is 0.161. The lowest BCUT2D eigenvalue weighted by molar-refractivity contribution is -0.124. The molecule has 0 aliphatic heterocycles. The topological polar surface area (TPSA) is 80.9 Å². The van der Waals surface area contributed by atoms with Gasteiger partial charge >= 0.3 is 0 Å². The summed E-state index contributed by atoms with van der Waals surface area (Å²) in [5.41, 5.74) is 6.02. The fourth-order valence-electron chi connectivity index (χ4n) is 2.40. The monoisotopic (exact) mass is 268 g/mol. The van der Waals surface area contributed by atoms with Crippen molar-refractivity contribution in [1.29, 1.82) is 0 Å². The molecule has 6 heteroatoms. The average molecular weight is 269 g/mol. The molecular formula is C12H17ClN4O. The Kier molecular flexibility index (Phi) is 3.82. The second kappa shape index (κ2) is 5.20. The van der Waals surface area contributed by atoms with Gasteiger partial charge in [0.25, 0.3) is 0 Å². The van der Waals surface area contributed by atoms with Crippen molar-refractivity contribution in [2.75, 3.05) is 11.9 Å². The molecule has 1 aromatic heterocycles. The molecule has 3 N–H and O–H groups in total. The average Bonchev–Trinajstić information content (AvgIpc) is 2.77. The van der Waals surface area contributed by atoms with E-state index in [-0.39, 0.29) is 11.9 Å². The van der Waals surface area contributed by atoms with Gasteiger partial charge in [0.15, 0.2) is 0 Å². The molecule has 0 aromatic carbocycles. The molecule has 0 unspecified atom stereocenters. The maximum atomic E-state index is 12.3. The van der Waals surface area contributed by atoms with Gasteiger partial charge in [-0.05, 0) is 25.8 Å². The molecule has 1 saturated carbocycles. The molecule has 0 atom stereocenters. The van der Waals surface area contributed by atoms with Crippen LogP contribution in [0.1, 0.15) is 31.4 Å². The van der Waals surface area contributed by atoms with Gasteiger partial charge in [-0.1, -0.05) is 24.4 Å². The van der Waals surface area contributed by atoms with Gasteiger partial charge in [-0.3, -0.25) is 10.1 Å². The highest BCUT2D eigenvalue weighted by Gasteiger charge is 2.40. The van der Waals surface area contributed by atoms with Crippen molar-refractivity contribution in [2.45, 2.75) is 32.6 Å². The second-order valence-electron chi connectivity index (χ2n) is 4.80. The molecule has 1 aliphatic carbocycles. The first kappa shape index (κ1) is 13.2. The number of hydrogen-bond donors (Lipinski definition) is 2. The predicted octanol–water partition coefficient (Wildman–Crippen LogP) is 1.90. The minimum Gasteiger partial charge on any atom is -0.329 e. The number of carbonyl (C=O) groups excluding carboxylic acids is 1. The van der Waals surface area contributed by atoms with Crippen LogP contribution in [0.15, 0.2) is 6.07 Å². The first-order chi connectivity index (χ1) is 8.55. The summed E-state index contributed by atoms with van der Waals surface area (Å²) in [6, 6.07) is 1.64. The Morgan fingerprint density at radius 3 is 2.72 bits per heavy atom. The number of amides is 1. The van der Waals surface area contributed by atoms with Gasteiger partial charge in [-0.25, -0.2) is 9.97 Å². The maximum absolute atomic E-state index is 12.3. The van der Waals surface area contributed by atoms with E-state index in [0.29, 0.717) is 11.7 Å². The number of nitrogens with one attached hydrogen (secondary N) is 1. The van der Waals surface area contributed by atoms with Gasteiger partial charge in [0.05, 0.1) is 5.41 Å². The highest BCUT2D eigenvalue weighted by atomic mass is 35.5. The zero-order valence-corrected chi connectivity index (χ0v) is 11.1. The molecule has 0 radical (unpaired) electrons. The van der Waals surface area contributed by atoms with E-state index in [4.69, 9.17) is 17.3 Å². The molecule has 1 aliphatic rings. The molecular weight excluding hydrogens is 252 g/mol. The molecule has 0 spiro atoms. The largest absolute Gasteiger partial charge is 0.329 e. The van der Waals surface area contributed by atoms with E-state index in [1.54, 1.807) is 13.0 Å². The number of aryl methyl sites for hydroxylation is 1. The third-order valence-electron chi connectivity index (χ3n) is 3.48.